The average Bonchev–Trinajstić information content (AvgIpc) is 3.32. The second kappa shape index (κ2) is 8.73. The van der Waals surface area contributed by atoms with Crippen LogP contribution in [-0.2, 0) is 19.7 Å². The lowest BCUT2D eigenvalue weighted by molar-refractivity contribution is 0.117. The molecular formula is C28H24ClN3O3. The van der Waals surface area contributed by atoms with Gasteiger partial charge in [-0.15, -0.1) is 0 Å². The number of aromatic nitrogens is 3. The number of halogens is 1. The monoisotopic (exact) mass is 485 g/mol. The Bertz CT molecular complexity index is 1600. The van der Waals surface area contributed by atoms with Gasteiger partial charge >= 0.3 is 0 Å². The van der Waals surface area contributed by atoms with E-state index in [0.717, 1.165) is 22.0 Å². The van der Waals surface area contributed by atoms with E-state index < -0.39 is 5.60 Å². The van der Waals surface area contributed by atoms with E-state index in [2.05, 4.69) is 4.98 Å². The van der Waals surface area contributed by atoms with Crippen LogP contribution < -0.4 is 10.3 Å². The van der Waals surface area contributed by atoms with E-state index in [9.17, 15) is 9.90 Å². The van der Waals surface area contributed by atoms with Gasteiger partial charge in [-0.1, -0.05) is 41.9 Å². The molecule has 1 N–H and O–H groups in total. The molecule has 0 radical (unpaired) electrons. The maximum Gasteiger partial charge on any atom is 0.251 e. The summed E-state index contributed by atoms with van der Waals surface area (Å²) in [6, 6.07) is 22.0. The molecule has 2 heterocycles. The van der Waals surface area contributed by atoms with Crippen LogP contribution in [-0.4, -0.2) is 26.3 Å². The standard InChI is InChI=1S/C28H24ClN3O3/c1-31-17-30-16-26(31)28(34,19-7-10-21(29)11-8-19)20-9-12-25-24(14-20)23(15-27(33)32(25)2)18-5-4-6-22(13-18)35-3/h4-17,34H,1-3H3/t28-/m1/s1. The first kappa shape index (κ1) is 22.9. The Labute approximate surface area is 207 Å². The number of rotatable bonds is 5. The van der Waals surface area contributed by atoms with Gasteiger partial charge in [0.15, 0.2) is 5.60 Å². The predicted molar refractivity (Wildman–Crippen MR) is 138 cm³/mol. The van der Waals surface area contributed by atoms with Crippen LogP contribution in [0.15, 0.2) is 90.1 Å². The van der Waals surface area contributed by atoms with Crippen molar-refractivity contribution in [1.29, 1.82) is 0 Å². The van der Waals surface area contributed by atoms with Gasteiger partial charge in [0.1, 0.15) is 5.75 Å². The maximum absolute atomic E-state index is 12.8. The highest BCUT2D eigenvalue weighted by Crippen LogP contribution is 2.39. The van der Waals surface area contributed by atoms with Crippen LogP contribution in [0.25, 0.3) is 22.0 Å². The van der Waals surface area contributed by atoms with Gasteiger partial charge < -0.3 is 19.0 Å². The van der Waals surface area contributed by atoms with E-state index >= 15 is 0 Å². The summed E-state index contributed by atoms with van der Waals surface area (Å²) in [5.41, 5.74) is 2.62. The third-order valence-electron chi connectivity index (χ3n) is 6.49. The summed E-state index contributed by atoms with van der Waals surface area (Å²) in [5, 5.41) is 13.7. The van der Waals surface area contributed by atoms with Gasteiger partial charge in [0.05, 0.1) is 30.8 Å². The van der Waals surface area contributed by atoms with Crippen molar-refractivity contribution in [1.82, 2.24) is 14.1 Å². The Hall–Kier alpha value is -3.87. The predicted octanol–water partition coefficient (Wildman–Crippen LogP) is 4.89. The molecule has 5 rings (SSSR count). The number of fused-ring (bicyclic) bond motifs is 1. The van der Waals surface area contributed by atoms with E-state index in [-0.39, 0.29) is 5.56 Å². The number of nitrogens with zero attached hydrogens (tertiary/aromatic N) is 3. The van der Waals surface area contributed by atoms with Crippen molar-refractivity contribution < 1.29 is 9.84 Å². The largest absolute Gasteiger partial charge is 0.497 e. The molecule has 0 fully saturated rings. The van der Waals surface area contributed by atoms with Crippen molar-refractivity contribution in [2.45, 2.75) is 5.60 Å². The number of hydrogen-bond acceptors (Lipinski definition) is 4. The minimum atomic E-state index is -1.51. The van der Waals surface area contributed by atoms with Gasteiger partial charge in [-0.2, -0.15) is 0 Å². The zero-order chi connectivity index (χ0) is 24.7. The van der Waals surface area contributed by atoms with Gasteiger partial charge in [-0.3, -0.25) is 4.79 Å². The number of hydrogen-bond donors (Lipinski definition) is 1. The number of imidazole rings is 1. The highest BCUT2D eigenvalue weighted by molar-refractivity contribution is 6.30. The number of ether oxygens (including phenoxy) is 1. The Morgan fingerprint density at radius 1 is 0.971 bits per heavy atom. The molecule has 35 heavy (non-hydrogen) atoms. The molecular weight excluding hydrogens is 462 g/mol. The lowest BCUT2D eigenvalue weighted by atomic mass is 9.82. The average molecular weight is 486 g/mol. The first-order valence-corrected chi connectivity index (χ1v) is 11.4. The van der Waals surface area contributed by atoms with E-state index in [1.165, 1.54) is 0 Å². The summed E-state index contributed by atoms with van der Waals surface area (Å²) < 4.78 is 8.81. The summed E-state index contributed by atoms with van der Waals surface area (Å²) in [6.07, 6.45) is 3.31. The molecule has 176 valence electrons. The van der Waals surface area contributed by atoms with Crippen molar-refractivity contribution in [3.05, 3.63) is 118 Å². The first-order chi connectivity index (χ1) is 16.8. The van der Waals surface area contributed by atoms with Crippen molar-refractivity contribution in [3.8, 4) is 16.9 Å². The smallest absolute Gasteiger partial charge is 0.251 e. The highest BCUT2D eigenvalue weighted by Gasteiger charge is 2.37. The van der Waals surface area contributed by atoms with E-state index in [1.54, 1.807) is 54.0 Å². The molecule has 3 aromatic carbocycles. The molecule has 0 saturated carbocycles. The third kappa shape index (κ3) is 3.81. The van der Waals surface area contributed by atoms with Crippen LogP contribution >= 0.6 is 11.6 Å². The summed E-state index contributed by atoms with van der Waals surface area (Å²) in [5.74, 6) is 0.694. The van der Waals surface area contributed by atoms with E-state index in [1.807, 2.05) is 61.6 Å². The van der Waals surface area contributed by atoms with Gasteiger partial charge in [0.2, 0.25) is 0 Å². The van der Waals surface area contributed by atoms with Crippen LogP contribution in [0.1, 0.15) is 16.8 Å². The molecule has 0 spiro atoms. The summed E-state index contributed by atoms with van der Waals surface area (Å²) in [7, 11) is 5.20. The van der Waals surface area contributed by atoms with Crippen LogP contribution in [0, 0.1) is 0 Å². The molecule has 0 bridgehead atoms. The van der Waals surface area contributed by atoms with Gasteiger partial charge in [-0.25, -0.2) is 4.98 Å². The zero-order valence-corrected chi connectivity index (χ0v) is 20.3. The number of methoxy groups -OCH3 is 1. The van der Waals surface area contributed by atoms with E-state index in [0.29, 0.717) is 27.6 Å². The second-order valence-electron chi connectivity index (χ2n) is 8.53. The van der Waals surface area contributed by atoms with Crippen molar-refractivity contribution >= 4 is 22.5 Å². The Morgan fingerprint density at radius 2 is 1.71 bits per heavy atom. The Balaban J connectivity index is 1.83. The Kier molecular flexibility index (Phi) is 5.71. The minimum Gasteiger partial charge on any atom is -0.497 e. The molecule has 5 aromatic rings. The third-order valence-corrected chi connectivity index (χ3v) is 6.75. The minimum absolute atomic E-state index is 0.123. The fraction of sp³-hybridized carbons (Fsp3) is 0.143. The fourth-order valence-electron chi connectivity index (χ4n) is 4.57. The van der Waals surface area contributed by atoms with Crippen molar-refractivity contribution in [2.24, 2.45) is 14.1 Å². The van der Waals surface area contributed by atoms with Crippen LogP contribution in [0.3, 0.4) is 0 Å². The number of pyridine rings is 1. The van der Waals surface area contributed by atoms with Crippen LogP contribution in [0.2, 0.25) is 5.02 Å². The van der Waals surface area contributed by atoms with Crippen LogP contribution in [0.5, 0.6) is 5.75 Å². The summed E-state index contributed by atoms with van der Waals surface area (Å²) in [6.45, 7) is 0. The molecule has 0 aliphatic carbocycles. The SMILES string of the molecule is COc1cccc(-c2cc(=O)n(C)c3ccc([C@](O)(c4ccc(Cl)cc4)c4cncn4C)cc23)c1. The van der Waals surface area contributed by atoms with Crippen LogP contribution in [0.4, 0.5) is 0 Å². The highest BCUT2D eigenvalue weighted by atomic mass is 35.5. The lowest BCUT2D eigenvalue weighted by Crippen LogP contribution is -2.31. The molecule has 0 saturated heterocycles. The molecule has 0 unspecified atom stereocenters. The number of aliphatic hydroxyl groups is 1. The molecule has 0 aliphatic rings. The van der Waals surface area contributed by atoms with Gasteiger partial charge in [0.25, 0.3) is 5.56 Å². The summed E-state index contributed by atoms with van der Waals surface area (Å²) >= 11 is 6.15. The fourth-order valence-corrected chi connectivity index (χ4v) is 4.70. The maximum atomic E-state index is 12.8. The molecule has 0 amide bonds. The lowest BCUT2D eigenvalue weighted by Gasteiger charge is -2.30. The molecule has 1 atom stereocenters. The quantitative estimate of drug-likeness (QED) is 0.385. The molecule has 7 heteroatoms. The molecule has 0 aliphatic heterocycles. The van der Waals surface area contributed by atoms with Crippen molar-refractivity contribution in [2.75, 3.05) is 7.11 Å². The number of benzene rings is 3. The Morgan fingerprint density at radius 3 is 2.40 bits per heavy atom. The zero-order valence-electron chi connectivity index (χ0n) is 19.6. The normalized spacial score (nSPS) is 13.1. The molecule has 6 nitrogen and oxygen atoms in total. The second-order valence-corrected chi connectivity index (χ2v) is 8.96. The van der Waals surface area contributed by atoms with Crippen molar-refractivity contribution in [3.63, 3.8) is 0 Å². The topological polar surface area (TPSA) is 69.3 Å². The van der Waals surface area contributed by atoms with Gasteiger partial charge in [0, 0.05) is 30.6 Å². The van der Waals surface area contributed by atoms with E-state index in [4.69, 9.17) is 16.3 Å². The molecule has 2 aromatic heterocycles. The summed E-state index contributed by atoms with van der Waals surface area (Å²) in [4.78, 5) is 17.1. The first-order valence-electron chi connectivity index (χ1n) is 11.1. The number of aryl methyl sites for hydroxylation is 2. The van der Waals surface area contributed by atoms with Gasteiger partial charge in [-0.05, 0) is 58.7 Å².